The van der Waals surface area contributed by atoms with Gasteiger partial charge in [-0.1, -0.05) is 29.3 Å². The van der Waals surface area contributed by atoms with Gasteiger partial charge in [-0.05, 0) is 56.3 Å². The summed E-state index contributed by atoms with van der Waals surface area (Å²) in [5.41, 5.74) is 3.08. The minimum Gasteiger partial charge on any atom is -0.321 e. The van der Waals surface area contributed by atoms with Crippen LogP contribution in [0.15, 0.2) is 54.1 Å². The van der Waals surface area contributed by atoms with Crippen LogP contribution >= 0.6 is 11.6 Å². The Bertz CT molecular complexity index is 1090. The van der Waals surface area contributed by atoms with Crippen LogP contribution in [0.5, 0.6) is 0 Å². The highest BCUT2D eigenvalue weighted by atomic mass is 35.5. The van der Waals surface area contributed by atoms with Gasteiger partial charge in [0.15, 0.2) is 0 Å². The molecule has 1 heterocycles. The molecular formula is C21H16ClFN4O. The lowest BCUT2D eigenvalue weighted by Gasteiger charge is -2.05. The van der Waals surface area contributed by atoms with Gasteiger partial charge in [0.25, 0.3) is 5.91 Å². The summed E-state index contributed by atoms with van der Waals surface area (Å²) >= 11 is 6.41. The molecule has 1 aromatic heterocycles. The predicted molar refractivity (Wildman–Crippen MR) is 107 cm³/mol. The Morgan fingerprint density at radius 3 is 2.43 bits per heavy atom. The molecule has 1 amide bonds. The van der Waals surface area contributed by atoms with Crippen LogP contribution in [0, 0.1) is 31.0 Å². The van der Waals surface area contributed by atoms with Crippen molar-refractivity contribution in [3.05, 3.63) is 81.9 Å². The van der Waals surface area contributed by atoms with Crippen molar-refractivity contribution in [3.8, 4) is 11.8 Å². The number of halogens is 2. The summed E-state index contributed by atoms with van der Waals surface area (Å²) in [4.78, 5) is 12.5. The minimum absolute atomic E-state index is 0.107. The van der Waals surface area contributed by atoms with Crippen molar-refractivity contribution < 1.29 is 9.18 Å². The van der Waals surface area contributed by atoms with Crippen molar-refractivity contribution in [2.24, 2.45) is 0 Å². The lowest BCUT2D eigenvalue weighted by atomic mass is 10.1. The molecule has 3 aromatic rings. The molecule has 0 spiro atoms. The number of carbonyl (C=O) groups is 1. The van der Waals surface area contributed by atoms with E-state index in [2.05, 4.69) is 10.4 Å². The van der Waals surface area contributed by atoms with Crippen LogP contribution in [-0.4, -0.2) is 15.7 Å². The number of nitriles is 1. The van der Waals surface area contributed by atoms with Crippen molar-refractivity contribution in [3.63, 3.8) is 0 Å². The van der Waals surface area contributed by atoms with Crippen molar-refractivity contribution in [1.29, 1.82) is 5.26 Å². The largest absolute Gasteiger partial charge is 0.321 e. The van der Waals surface area contributed by atoms with E-state index in [1.165, 1.54) is 35.0 Å². The molecule has 0 bridgehead atoms. The predicted octanol–water partition coefficient (Wildman–Crippen LogP) is 4.83. The Kier molecular flexibility index (Phi) is 5.57. The second kappa shape index (κ2) is 8.07. The molecule has 3 rings (SSSR count). The number of nitrogens with one attached hydrogen (secondary N) is 1. The third-order valence-electron chi connectivity index (χ3n) is 4.08. The molecule has 0 fully saturated rings. The van der Waals surface area contributed by atoms with E-state index >= 15 is 0 Å². The quantitative estimate of drug-likeness (QED) is 0.509. The van der Waals surface area contributed by atoms with Gasteiger partial charge in [0.2, 0.25) is 0 Å². The molecule has 5 nitrogen and oxygen atoms in total. The van der Waals surface area contributed by atoms with Gasteiger partial charge >= 0.3 is 0 Å². The molecule has 0 saturated carbocycles. The molecule has 0 saturated heterocycles. The van der Waals surface area contributed by atoms with Crippen LogP contribution in [0.1, 0.15) is 16.8 Å². The Hall–Kier alpha value is -3.43. The summed E-state index contributed by atoms with van der Waals surface area (Å²) in [6, 6.07) is 14.8. The minimum atomic E-state index is -0.545. The monoisotopic (exact) mass is 394 g/mol. The first kappa shape index (κ1) is 19.3. The molecule has 0 aliphatic rings. The van der Waals surface area contributed by atoms with E-state index < -0.39 is 5.91 Å². The first-order valence-electron chi connectivity index (χ1n) is 8.40. The number of nitrogens with zero attached hydrogens (tertiary/aromatic N) is 3. The van der Waals surface area contributed by atoms with Crippen molar-refractivity contribution in [1.82, 2.24) is 9.78 Å². The summed E-state index contributed by atoms with van der Waals surface area (Å²) in [6.07, 6.45) is 1.40. The van der Waals surface area contributed by atoms with Gasteiger partial charge in [-0.2, -0.15) is 10.4 Å². The first-order chi connectivity index (χ1) is 13.4. The van der Waals surface area contributed by atoms with Crippen molar-refractivity contribution in [2.45, 2.75) is 13.8 Å². The van der Waals surface area contributed by atoms with E-state index in [0.29, 0.717) is 22.6 Å². The molecule has 0 aliphatic carbocycles. The average Bonchev–Trinajstić information content (AvgIpc) is 2.96. The highest BCUT2D eigenvalue weighted by molar-refractivity contribution is 6.31. The lowest BCUT2D eigenvalue weighted by molar-refractivity contribution is -0.112. The number of amides is 1. The molecule has 0 unspecified atom stereocenters. The molecule has 2 aromatic carbocycles. The van der Waals surface area contributed by atoms with Crippen LogP contribution in [0.4, 0.5) is 10.1 Å². The normalized spacial score (nSPS) is 11.2. The maximum absolute atomic E-state index is 13.1. The highest BCUT2D eigenvalue weighted by Crippen LogP contribution is 2.26. The number of hydrogen-bond acceptors (Lipinski definition) is 3. The van der Waals surface area contributed by atoms with E-state index in [9.17, 15) is 14.4 Å². The Morgan fingerprint density at radius 2 is 1.82 bits per heavy atom. The van der Waals surface area contributed by atoms with E-state index in [1.54, 1.807) is 19.1 Å². The maximum Gasteiger partial charge on any atom is 0.266 e. The zero-order valence-electron chi connectivity index (χ0n) is 15.2. The number of aryl methyl sites for hydroxylation is 2. The summed E-state index contributed by atoms with van der Waals surface area (Å²) in [5, 5.41) is 16.7. The second-order valence-electron chi connectivity index (χ2n) is 6.17. The van der Waals surface area contributed by atoms with E-state index in [4.69, 9.17) is 11.6 Å². The fourth-order valence-corrected chi connectivity index (χ4v) is 2.88. The second-order valence-corrected chi connectivity index (χ2v) is 6.53. The summed E-state index contributed by atoms with van der Waals surface area (Å²) in [7, 11) is 0. The van der Waals surface area contributed by atoms with Crippen LogP contribution in [-0.2, 0) is 4.79 Å². The van der Waals surface area contributed by atoms with Gasteiger partial charge in [0, 0.05) is 11.3 Å². The zero-order valence-corrected chi connectivity index (χ0v) is 16.0. The van der Waals surface area contributed by atoms with E-state index in [1.807, 2.05) is 25.1 Å². The fraction of sp³-hybridized carbons (Fsp3) is 0.0952. The van der Waals surface area contributed by atoms with Gasteiger partial charge in [0.05, 0.1) is 11.4 Å². The van der Waals surface area contributed by atoms with Crippen molar-refractivity contribution in [2.75, 3.05) is 5.32 Å². The number of rotatable bonds is 4. The summed E-state index contributed by atoms with van der Waals surface area (Å²) < 4.78 is 14.6. The summed E-state index contributed by atoms with van der Waals surface area (Å²) in [6.45, 7) is 3.65. The number of anilines is 1. The number of benzene rings is 2. The van der Waals surface area contributed by atoms with Crippen molar-refractivity contribution >= 4 is 29.3 Å². The standard InChI is InChI=1S/C21H16ClFN4O/c1-13-3-7-17(8-4-13)25-21(28)15(12-24)11-19-14(2)26-27(20(19)22)18-9-5-16(23)6-10-18/h3-11H,1-2H3,(H,25,28)/b15-11+. The summed E-state index contributed by atoms with van der Waals surface area (Å²) in [5.74, 6) is -0.917. The van der Waals surface area contributed by atoms with Gasteiger partial charge < -0.3 is 5.32 Å². The first-order valence-corrected chi connectivity index (χ1v) is 8.77. The Morgan fingerprint density at radius 1 is 1.18 bits per heavy atom. The molecule has 0 radical (unpaired) electrons. The topological polar surface area (TPSA) is 70.7 Å². The molecular weight excluding hydrogens is 379 g/mol. The number of aromatic nitrogens is 2. The maximum atomic E-state index is 13.1. The van der Waals surface area contributed by atoms with Gasteiger partial charge in [-0.3, -0.25) is 4.79 Å². The molecule has 0 aliphatic heterocycles. The average molecular weight is 395 g/mol. The Balaban J connectivity index is 1.92. The molecule has 0 atom stereocenters. The lowest BCUT2D eigenvalue weighted by Crippen LogP contribution is -2.13. The van der Waals surface area contributed by atoms with E-state index in [0.717, 1.165) is 5.56 Å². The third-order valence-corrected chi connectivity index (χ3v) is 4.45. The Labute approximate surface area is 166 Å². The number of hydrogen-bond donors (Lipinski definition) is 1. The zero-order chi connectivity index (χ0) is 20.3. The fourth-order valence-electron chi connectivity index (χ4n) is 2.56. The molecule has 28 heavy (non-hydrogen) atoms. The van der Waals surface area contributed by atoms with Crippen LogP contribution in [0.3, 0.4) is 0 Å². The van der Waals surface area contributed by atoms with Crippen LogP contribution < -0.4 is 5.32 Å². The third kappa shape index (κ3) is 4.11. The highest BCUT2D eigenvalue weighted by Gasteiger charge is 2.17. The van der Waals surface area contributed by atoms with Crippen LogP contribution in [0.2, 0.25) is 5.15 Å². The van der Waals surface area contributed by atoms with Gasteiger partial charge in [0.1, 0.15) is 22.6 Å². The van der Waals surface area contributed by atoms with Gasteiger partial charge in [-0.15, -0.1) is 0 Å². The van der Waals surface area contributed by atoms with Gasteiger partial charge in [-0.25, -0.2) is 9.07 Å². The molecule has 7 heteroatoms. The SMILES string of the molecule is Cc1ccc(NC(=O)/C(C#N)=C/c2c(C)nn(-c3ccc(F)cc3)c2Cl)cc1. The smallest absolute Gasteiger partial charge is 0.266 e. The number of carbonyl (C=O) groups excluding carboxylic acids is 1. The molecule has 140 valence electrons. The van der Waals surface area contributed by atoms with Crippen LogP contribution in [0.25, 0.3) is 11.8 Å². The molecule has 1 N–H and O–H groups in total. The van der Waals surface area contributed by atoms with E-state index in [-0.39, 0.29) is 16.5 Å².